The monoisotopic (exact) mass is 187 g/mol. The highest BCUT2D eigenvalue weighted by molar-refractivity contribution is 5.48. The molecule has 0 unspecified atom stereocenters. The Kier molecular flexibility index (Phi) is 2.23. The normalized spacial score (nSPS) is 10.1. The van der Waals surface area contributed by atoms with Gasteiger partial charge >= 0.3 is 0 Å². The Labute approximate surface area is 82.9 Å². The molecule has 14 heavy (non-hydrogen) atoms. The first-order chi connectivity index (χ1) is 6.81. The highest BCUT2D eigenvalue weighted by atomic mass is 16.5. The molecule has 2 aromatic rings. The molecule has 0 saturated carbocycles. The summed E-state index contributed by atoms with van der Waals surface area (Å²) < 4.78 is 7.01. The van der Waals surface area contributed by atoms with Crippen molar-refractivity contribution in [3.05, 3.63) is 49.1 Å². The van der Waals surface area contributed by atoms with Gasteiger partial charge in [0, 0.05) is 12.4 Å². The molecule has 0 spiro atoms. The lowest BCUT2D eigenvalue weighted by Gasteiger charge is -2.08. The second-order valence-corrected chi connectivity index (χ2v) is 2.96. The third kappa shape index (κ3) is 1.48. The fraction of sp³-hybridized carbons (Fsp3) is 0.0909. The second-order valence-electron chi connectivity index (χ2n) is 2.96. The molecule has 0 bridgehead atoms. The molecule has 0 aliphatic carbocycles. The van der Waals surface area contributed by atoms with Crippen LogP contribution >= 0.6 is 0 Å². The Morgan fingerprint density at radius 3 is 2.93 bits per heavy atom. The molecule has 1 heterocycles. The van der Waals surface area contributed by atoms with Crippen molar-refractivity contribution in [2.45, 2.75) is 0 Å². The summed E-state index contributed by atoms with van der Waals surface area (Å²) in [5.74, 6) is 0.779. The van der Waals surface area contributed by atoms with Crippen molar-refractivity contribution in [2.75, 3.05) is 7.11 Å². The summed E-state index contributed by atoms with van der Waals surface area (Å²) in [5.41, 5.74) is 1.85. The van der Waals surface area contributed by atoms with E-state index in [-0.39, 0.29) is 0 Å². The van der Waals surface area contributed by atoms with E-state index in [1.165, 1.54) is 0 Å². The van der Waals surface area contributed by atoms with Crippen LogP contribution in [0.1, 0.15) is 5.56 Å². The number of ether oxygens (including phenoxy) is 1. The smallest absolute Gasteiger partial charge is 0.144 e. The summed E-state index contributed by atoms with van der Waals surface area (Å²) in [4.78, 5) is 0. The maximum atomic E-state index is 5.25. The first kappa shape index (κ1) is 8.81. The number of benzene rings is 1. The number of methoxy groups -OCH3 is 1. The zero-order chi connectivity index (χ0) is 9.97. The molecule has 0 aliphatic heterocycles. The predicted octanol–water partition coefficient (Wildman–Crippen LogP) is 2.06. The summed E-state index contributed by atoms with van der Waals surface area (Å²) in [7, 11) is 1.64. The van der Waals surface area contributed by atoms with E-state index in [0.717, 1.165) is 17.0 Å². The summed E-state index contributed by atoms with van der Waals surface area (Å²) in [6, 6.07) is 7.63. The molecule has 1 aromatic carbocycles. The Balaban J connectivity index is 2.53. The van der Waals surface area contributed by atoms with Crippen LogP contribution in [0.5, 0.6) is 5.75 Å². The van der Waals surface area contributed by atoms with Crippen LogP contribution in [0.25, 0.3) is 5.69 Å². The maximum Gasteiger partial charge on any atom is 0.144 e. The molecule has 0 saturated heterocycles. The zero-order valence-corrected chi connectivity index (χ0v) is 7.97. The number of rotatable bonds is 2. The van der Waals surface area contributed by atoms with E-state index in [2.05, 4.69) is 12.0 Å². The van der Waals surface area contributed by atoms with Crippen LogP contribution in [0.15, 0.2) is 36.7 Å². The van der Waals surface area contributed by atoms with Gasteiger partial charge in [0.2, 0.25) is 0 Å². The molecule has 3 heteroatoms. The Hall–Kier alpha value is -1.77. The van der Waals surface area contributed by atoms with E-state index in [0.29, 0.717) is 0 Å². The van der Waals surface area contributed by atoms with Crippen LogP contribution in [-0.2, 0) is 0 Å². The highest BCUT2D eigenvalue weighted by Gasteiger charge is 2.04. The van der Waals surface area contributed by atoms with Gasteiger partial charge in [-0.3, -0.25) is 0 Å². The minimum absolute atomic E-state index is 0.779. The van der Waals surface area contributed by atoms with Gasteiger partial charge in [-0.05, 0) is 30.7 Å². The Bertz CT molecular complexity index is 421. The van der Waals surface area contributed by atoms with Crippen LogP contribution in [0.4, 0.5) is 0 Å². The minimum Gasteiger partial charge on any atom is -0.494 e. The van der Waals surface area contributed by atoms with E-state index in [9.17, 15) is 0 Å². The average Bonchev–Trinajstić information content (AvgIpc) is 2.70. The quantitative estimate of drug-likeness (QED) is 0.719. The molecule has 71 valence electrons. The minimum atomic E-state index is 0.779. The highest BCUT2D eigenvalue weighted by Crippen LogP contribution is 2.22. The van der Waals surface area contributed by atoms with Gasteiger partial charge in [-0.15, -0.1) is 0 Å². The SMILES string of the molecule is [CH2]c1ccc(-n2cccn2)c(OC)c1. The van der Waals surface area contributed by atoms with Gasteiger partial charge in [0.15, 0.2) is 0 Å². The molecule has 0 atom stereocenters. The summed E-state index contributed by atoms with van der Waals surface area (Å²) in [6.07, 6.45) is 3.61. The van der Waals surface area contributed by atoms with Gasteiger partial charge in [-0.2, -0.15) is 5.10 Å². The van der Waals surface area contributed by atoms with Crippen molar-refractivity contribution < 1.29 is 4.74 Å². The van der Waals surface area contributed by atoms with Crippen LogP contribution in [-0.4, -0.2) is 16.9 Å². The van der Waals surface area contributed by atoms with E-state index >= 15 is 0 Å². The molecule has 1 radical (unpaired) electrons. The van der Waals surface area contributed by atoms with Crippen LogP contribution in [0.2, 0.25) is 0 Å². The van der Waals surface area contributed by atoms with Crippen molar-refractivity contribution in [3.63, 3.8) is 0 Å². The summed E-state index contributed by atoms with van der Waals surface area (Å²) >= 11 is 0. The molecule has 0 amide bonds. The molecule has 1 aromatic heterocycles. The molecule has 0 aliphatic rings. The number of hydrogen-bond donors (Lipinski definition) is 0. The average molecular weight is 187 g/mol. The Morgan fingerprint density at radius 2 is 2.29 bits per heavy atom. The lowest BCUT2D eigenvalue weighted by Crippen LogP contribution is -1.98. The van der Waals surface area contributed by atoms with Gasteiger partial charge in [-0.25, -0.2) is 4.68 Å². The molecule has 0 N–H and O–H groups in total. The Morgan fingerprint density at radius 1 is 1.43 bits per heavy atom. The van der Waals surface area contributed by atoms with Gasteiger partial charge in [-0.1, -0.05) is 6.07 Å². The van der Waals surface area contributed by atoms with E-state index in [4.69, 9.17) is 4.74 Å². The zero-order valence-electron chi connectivity index (χ0n) is 7.97. The lowest BCUT2D eigenvalue weighted by atomic mass is 10.2. The number of hydrogen-bond acceptors (Lipinski definition) is 2. The standard InChI is InChI=1S/C11H11N2O/c1-9-4-5-10(11(8-9)14-2)13-7-3-6-12-13/h3-8H,1H2,2H3. The van der Waals surface area contributed by atoms with Crippen molar-refractivity contribution >= 4 is 0 Å². The van der Waals surface area contributed by atoms with Crippen LogP contribution in [0, 0.1) is 6.92 Å². The first-order valence-electron chi connectivity index (χ1n) is 4.31. The lowest BCUT2D eigenvalue weighted by molar-refractivity contribution is 0.411. The fourth-order valence-corrected chi connectivity index (χ4v) is 1.32. The van der Waals surface area contributed by atoms with Crippen molar-refractivity contribution in [1.29, 1.82) is 0 Å². The van der Waals surface area contributed by atoms with E-state index < -0.39 is 0 Å². The van der Waals surface area contributed by atoms with E-state index in [1.807, 2.05) is 30.5 Å². The first-order valence-corrected chi connectivity index (χ1v) is 4.31. The largest absolute Gasteiger partial charge is 0.494 e. The second kappa shape index (κ2) is 3.54. The molecule has 0 fully saturated rings. The summed E-state index contributed by atoms with van der Waals surface area (Å²) in [5, 5.41) is 4.14. The number of nitrogens with zero attached hydrogens (tertiary/aromatic N) is 2. The predicted molar refractivity (Wildman–Crippen MR) is 54.6 cm³/mol. The summed E-state index contributed by atoms with van der Waals surface area (Å²) in [6.45, 7) is 3.84. The van der Waals surface area contributed by atoms with Crippen molar-refractivity contribution in [1.82, 2.24) is 9.78 Å². The third-order valence-electron chi connectivity index (χ3n) is 2.00. The van der Waals surface area contributed by atoms with Crippen molar-refractivity contribution in [2.24, 2.45) is 0 Å². The van der Waals surface area contributed by atoms with Gasteiger partial charge in [0.25, 0.3) is 0 Å². The van der Waals surface area contributed by atoms with Gasteiger partial charge < -0.3 is 4.74 Å². The maximum absolute atomic E-state index is 5.25. The molecular formula is C11H11N2O. The van der Waals surface area contributed by atoms with Gasteiger partial charge in [0.1, 0.15) is 11.4 Å². The topological polar surface area (TPSA) is 27.1 Å². The molecule has 3 nitrogen and oxygen atoms in total. The number of aromatic nitrogens is 2. The molecule has 2 rings (SSSR count). The van der Waals surface area contributed by atoms with Gasteiger partial charge in [0.05, 0.1) is 7.11 Å². The van der Waals surface area contributed by atoms with E-state index in [1.54, 1.807) is 18.0 Å². The van der Waals surface area contributed by atoms with Crippen molar-refractivity contribution in [3.8, 4) is 11.4 Å². The molecular weight excluding hydrogens is 176 g/mol. The van der Waals surface area contributed by atoms with Crippen LogP contribution < -0.4 is 4.74 Å². The fourth-order valence-electron chi connectivity index (χ4n) is 1.32. The third-order valence-corrected chi connectivity index (χ3v) is 2.00. The van der Waals surface area contributed by atoms with Crippen LogP contribution in [0.3, 0.4) is 0 Å².